The van der Waals surface area contributed by atoms with E-state index in [1.165, 1.54) is 10.5 Å². The molecule has 38 heavy (non-hydrogen) atoms. The van der Waals surface area contributed by atoms with Gasteiger partial charge in [0.05, 0.1) is 24.6 Å². The van der Waals surface area contributed by atoms with Crippen LogP contribution in [0.15, 0.2) is 75.0 Å². The summed E-state index contributed by atoms with van der Waals surface area (Å²) in [6, 6.07) is 15.5. The number of hydrogen-bond acceptors (Lipinski definition) is 7. The Bertz CT molecular complexity index is 1810. The molecule has 1 atom stereocenters. The highest BCUT2D eigenvalue weighted by Gasteiger charge is 2.24. The molecule has 4 aromatic heterocycles. The van der Waals surface area contributed by atoms with E-state index in [1.807, 2.05) is 18.2 Å². The average Bonchev–Trinajstić information content (AvgIpc) is 3.60. The van der Waals surface area contributed by atoms with Crippen LogP contribution in [0.2, 0.25) is 0 Å². The summed E-state index contributed by atoms with van der Waals surface area (Å²) >= 11 is 0. The van der Waals surface area contributed by atoms with Gasteiger partial charge in [0.2, 0.25) is 0 Å². The van der Waals surface area contributed by atoms with Crippen molar-refractivity contribution in [1.29, 1.82) is 0 Å². The summed E-state index contributed by atoms with van der Waals surface area (Å²) in [5.74, 6) is -1.36. The summed E-state index contributed by atoms with van der Waals surface area (Å²) in [6.45, 7) is 2.63. The molecule has 10 heteroatoms. The lowest BCUT2D eigenvalue weighted by Gasteiger charge is -2.17. The second-order valence-electron chi connectivity index (χ2n) is 9.00. The highest BCUT2D eigenvalue weighted by Crippen LogP contribution is 2.20. The molecule has 192 valence electrons. The van der Waals surface area contributed by atoms with Gasteiger partial charge < -0.3 is 18.5 Å². The van der Waals surface area contributed by atoms with Gasteiger partial charge in [-0.2, -0.15) is 4.99 Å². The number of benzene rings is 1. The van der Waals surface area contributed by atoms with Gasteiger partial charge in [0.25, 0.3) is 5.56 Å². The van der Waals surface area contributed by atoms with Crippen LogP contribution in [0.3, 0.4) is 0 Å². The van der Waals surface area contributed by atoms with Crippen molar-refractivity contribution in [3.63, 3.8) is 0 Å². The van der Waals surface area contributed by atoms with Crippen LogP contribution in [-0.4, -0.2) is 45.1 Å². The molecule has 5 aromatic rings. The van der Waals surface area contributed by atoms with Crippen LogP contribution in [-0.2, 0) is 16.0 Å². The average molecular weight is 513 g/mol. The maximum atomic E-state index is 13.5. The molecular weight excluding hydrogens is 488 g/mol. The van der Waals surface area contributed by atoms with E-state index in [-0.39, 0.29) is 47.0 Å². The van der Waals surface area contributed by atoms with Crippen molar-refractivity contribution in [2.45, 2.75) is 32.4 Å². The molecule has 1 saturated heterocycles. The van der Waals surface area contributed by atoms with Gasteiger partial charge >= 0.3 is 11.9 Å². The summed E-state index contributed by atoms with van der Waals surface area (Å²) in [4.78, 5) is 49.1. The fourth-order valence-corrected chi connectivity index (χ4v) is 4.76. The number of carbonyl (C=O) groups excluding carboxylic acids is 2. The van der Waals surface area contributed by atoms with Crippen LogP contribution in [0.5, 0.6) is 0 Å². The molecule has 5 heterocycles. The van der Waals surface area contributed by atoms with E-state index < -0.39 is 11.9 Å². The number of amides is 1. The zero-order valence-corrected chi connectivity index (χ0v) is 20.6. The van der Waals surface area contributed by atoms with Crippen molar-refractivity contribution >= 4 is 39.5 Å². The molecule has 0 N–H and O–H groups in total. The first kappa shape index (κ1) is 23.8. The molecule has 1 amide bonds. The lowest BCUT2D eigenvalue weighted by atomic mass is 10.2. The van der Waals surface area contributed by atoms with Crippen molar-refractivity contribution in [2.75, 3.05) is 13.2 Å². The van der Waals surface area contributed by atoms with Gasteiger partial charge in [-0.15, -0.1) is 0 Å². The highest BCUT2D eigenvalue weighted by atomic mass is 16.5. The van der Waals surface area contributed by atoms with E-state index in [0.29, 0.717) is 23.5 Å². The van der Waals surface area contributed by atoms with E-state index in [2.05, 4.69) is 4.99 Å². The lowest BCUT2D eigenvalue weighted by molar-refractivity contribution is 0.0521. The van der Waals surface area contributed by atoms with Crippen LogP contribution in [0.4, 0.5) is 0 Å². The summed E-state index contributed by atoms with van der Waals surface area (Å²) < 4.78 is 19.9. The van der Waals surface area contributed by atoms with Crippen molar-refractivity contribution in [1.82, 2.24) is 14.0 Å². The lowest BCUT2D eigenvalue weighted by Crippen LogP contribution is -2.35. The van der Waals surface area contributed by atoms with Gasteiger partial charge in [-0.1, -0.05) is 24.3 Å². The Morgan fingerprint density at radius 2 is 2.00 bits per heavy atom. The summed E-state index contributed by atoms with van der Waals surface area (Å²) in [5.41, 5.74) is 0.919. The number of pyridine rings is 2. The third-order valence-corrected chi connectivity index (χ3v) is 6.54. The maximum absolute atomic E-state index is 13.5. The first-order valence-corrected chi connectivity index (χ1v) is 12.4. The van der Waals surface area contributed by atoms with Gasteiger partial charge in [-0.25, -0.2) is 9.78 Å². The third kappa shape index (κ3) is 4.18. The Balaban J connectivity index is 1.66. The number of nitrogens with zero attached hydrogens (tertiary/aromatic N) is 4. The number of ether oxygens (including phenoxy) is 2. The van der Waals surface area contributed by atoms with Crippen molar-refractivity contribution in [3.05, 3.63) is 88.0 Å². The van der Waals surface area contributed by atoms with E-state index in [0.717, 1.165) is 18.2 Å². The number of fused-ring (bicyclic) bond motifs is 3. The molecule has 0 spiro atoms. The molecule has 0 bridgehead atoms. The SMILES string of the molecule is CCOC(=O)c1cc2c(=O)n3ccccc3nc2n(C[C@@H]2CCCO2)c1=NC(=O)c1cc2ccccc2o1. The Labute approximate surface area is 215 Å². The maximum Gasteiger partial charge on any atom is 0.341 e. The normalized spacial score (nSPS) is 16.0. The Hall–Kier alpha value is -4.57. The number of para-hydroxylation sites is 1. The summed E-state index contributed by atoms with van der Waals surface area (Å²) in [6.07, 6.45) is 3.07. The smallest absolute Gasteiger partial charge is 0.341 e. The highest BCUT2D eigenvalue weighted by molar-refractivity contribution is 5.98. The molecule has 0 aliphatic carbocycles. The monoisotopic (exact) mass is 512 g/mol. The molecule has 1 aliphatic rings. The molecule has 0 saturated carbocycles. The van der Waals surface area contributed by atoms with Gasteiger partial charge in [0.1, 0.15) is 22.4 Å². The zero-order valence-electron chi connectivity index (χ0n) is 20.6. The third-order valence-electron chi connectivity index (χ3n) is 6.54. The largest absolute Gasteiger partial charge is 0.462 e. The van der Waals surface area contributed by atoms with E-state index >= 15 is 0 Å². The summed E-state index contributed by atoms with van der Waals surface area (Å²) in [7, 11) is 0. The predicted molar refractivity (Wildman–Crippen MR) is 138 cm³/mol. The number of carbonyl (C=O) groups is 2. The Kier molecular flexibility index (Phi) is 6.09. The minimum atomic E-state index is -0.704. The first-order chi connectivity index (χ1) is 18.5. The molecule has 0 unspecified atom stereocenters. The first-order valence-electron chi connectivity index (χ1n) is 12.4. The van der Waals surface area contributed by atoms with Crippen LogP contribution >= 0.6 is 0 Å². The molecule has 1 aliphatic heterocycles. The molecule has 1 aromatic carbocycles. The van der Waals surface area contributed by atoms with E-state index in [9.17, 15) is 14.4 Å². The predicted octanol–water partition coefficient (Wildman–Crippen LogP) is 3.49. The van der Waals surface area contributed by atoms with Gasteiger partial charge in [0.15, 0.2) is 11.2 Å². The number of rotatable bonds is 5. The van der Waals surface area contributed by atoms with Crippen LogP contribution in [0.1, 0.15) is 40.7 Å². The Morgan fingerprint density at radius 1 is 1.16 bits per heavy atom. The van der Waals surface area contributed by atoms with Crippen molar-refractivity contribution in [3.8, 4) is 0 Å². The zero-order chi connectivity index (χ0) is 26.2. The standard InChI is InChI=1S/C28H24N4O6/c1-2-36-28(35)20-15-19-24(29-23-11-5-6-12-31(23)27(19)34)32(16-18-9-7-13-37-18)25(20)30-26(33)22-14-17-8-3-4-10-21(17)38-22/h3-6,8,10-12,14-15,18H,2,7,9,13,16H2,1H3/t18-/m0/s1. The quantitative estimate of drug-likeness (QED) is 0.261. The van der Waals surface area contributed by atoms with Gasteiger partial charge in [-0.05, 0) is 50.1 Å². The van der Waals surface area contributed by atoms with Crippen LogP contribution in [0.25, 0.3) is 27.6 Å². The topological polar surface area (TPSA) is 117 Å². The molecule has 6 rings (SSSR count). The van der Waals surface area contributed by atoms with Gasteiger partial charge in [-0.3, -0.25) is 14.0 Å². The van der Waals surface area contributed by atoms with Crippen LogP contribution in [0, 0.1) is 0 Å². The minimum absolute atomic E-state index is 0.0170. The Morgan fingerprint density at radius 3 is 2.79 bits per heavy atom. The second kappa shape index (κ2) is 9.71. The van der Waals surface area contributed by atoms with Gasteiger partial charge in [0, 0.05) is 18.2 Å². The number of furan rings is 1. The van der Waals surface area contributed by atoms with Crippen molar-refractivity contribution in [2.24, 2.45) is 4.99 Å². The number of esters is 1. The van der Waals surface area contributed by atoms with Crippen molar-refractivity contribution < 1.29 is 23.5 Å². The minimum Gasteiger partial charge on any atom is -0.462 e. The molecular formula is C28H24N4O6. The van der Waals surface area contributed by atoms with E-state index in [4.69, 9.17) is 18.9 Å². The molecule has 1 fully saturated rings. The van der Waals surface area contributed by atoms with E-state index in [1.54, 1.807) is 48.0 Å². The number of hydrogen-bond donors (Lipinski definition) is 0. The number of aromatic nitrogens is 3. The molecule has 10 nitrogen and oxygen atoms in total. The fourth-order valence-electron chi connectivity index (χ4n) is 4.76. The summed E-state index contributed by atoms with van der Waals surface area (Å²) in [5, 5.41) is 0.952. The van der Waals surface area contributed by atoms with Crippen LogP contribution < -0.4 is 11.0 Å². The fraction of sp³-hybridized carbons (Fsp3) is 0.250. The molecule has 0 radical (unpaired) electrons. The second-order valence-corrected chi connectivity index (χ2v) is 9.00.